The van der Waals surface area contributed by atoms with Crippen molar-refractivity contribution in [2.45, 2.75) is 25.6 Å². The van der Waals surface area contributed by atoms with Gasteiger partial charge in [0.25, 0.3) is 0 Å². The third-order valence-corrected chi connectivity index (χ3v) is 3.90. The monoisotopic (exact) mass is 329 g/mol. The van der Waals surface area contributed by atoms with Crippen molar-refractivity contribution in [1.82, 2.24) is 0 Å². The zero-order chi connectivity index (χ0) is 17.3. The molecule has 0 fully saturated rings. The van der Waals surface area contributed by atoms with Crippen LogP contribution in [0.2, 0.25) is 0 Å². The van der Waals surface area contributed by atoms with Gasteiger partial charge in [0.2, 0.25) is 0 Å². The van der Waals surface area contributed by atoms with Crippen molar-refractivity contribution in [3.05, 3.63) is 70.3 Å². The lowest BCUT2D eigenvalue weighted by Gasteiger charge is -2.12. The largest absolute Gasteiger partial charge is 0.485 e. The molecule has 0 aromatic heterocycles. The summed E-state index contributed by atoms with van der Waals surface area (Å²) in [7, 11) is 0. The summed E-state index contributed by atoms with van der Waals surface area (Å²) in [6.07, 6.45) is -0.675. The molecule has 1 heterocycles. The van der Waals surface area contributed by atoms with E-state index in [1.54, 1.807) is 12.1 Å². The minimum atomic E-state index is -4.37. The summed E-state index contributed by atoms with van der Waals surface area (Å²) in [5.41, 5.74) is 2.00. The maximum Gasteiger partial charge on any atom is 0.416 e. The van der Waals surface area contributed by atoms with Gasteiger partial charge in [0, 0.05) is 6.42 Å². The number of fused-ring (bicyclic) bond motifs is 1. The molecule has 24 heavy (non-hydrogen) atoms. The first kappa shape index (κ1) is 16.1. The van der Waals surface area contributed by atoms with Crippen LogP contribution in [0.1, 0.15) is 40.8 Å². The van der Waals surface area contributed by atoms with Gasteiger partial charge in [-0.05, 0) is 60.0 Å². The van der Waals surface area contributed by atoms with Crippen molar-refractivity contribution >= 4 is 6.08 Å². The van der Waals surface area contributed by atoms with Crippen LogP contribution in [0.4, 0.5) is 13.2 Å². The Bertz CT molecular complexity index is 847. The van der Waals surface area contributed by atoms with Crippen molar-refractivity contribution in [1.29, 1.82) is 5.26 Å². The van der Waals surface area contributed by atoms with E-state index in [0.29, 0.717) is 23.3 Å². The number of nitrogens with zero attached hydrogens (tertiary/aromatic N) is 1. The third kappa shape index (κ3) is 3.13. The predicted molar refractivity (Wildman–Crippen MR) is 84.4 cm³/mol. The van der Waals surface area contributed by atoms with Crippen molar-refractivity contribution in [3.8, 4) is 11.8 Å². The SMILES string of the molecule is C/C=C/c1cc(C#N)cc([C@@H]2Cc3cc(C(F)(F)F)ccc3O2)c1. The highest BCUT2D eigenvalue weighted by Crippen LogP contribution is 2.40. The molecule has 1 aliphatic rings. The minimum absolute atomic E-state index is 0.351. The van der Waals surface area contributed by atoms with Crippen LogP contribution < -0.4 is 4.74 Å². The summed E-state index contributed by atoms with van der Waals surface area (Å²) in [6, 6.07) is 11.0. The lowest BCUT2D eigenvalue weighted by molar-refractivity contribution is -0.137. The highest BCUT2D eigenvalue weighted by Gasteiger charge is 2.33. The summed E-state index contributed by atoms with van der Waals surface area (Å²) >= 11 is 0. The molecule has 2 nitrogen and oxygen atoms in total. The molecular formula is C19H14F3NO. The molecule has 0 N–H and O–H groups in total. The van der Waals surface area contributed by atoms with Crippen molar-refractivity contribution < 1.29 is 17.9 Å². The lowest BCUT2D eigenvalue weighted by Crippen LogP contribution is -2.05. The van der Waals surface area contributed by atoms with Crippen LogP contribution in [0.25, 0.3) is 6.08 Å². The summed E-state index contributed by atoms with van der Waals surface area (Å²) in [6.45, 7) is 1.87. The summed E-state index contributed by atoms with van der Waals surface area (Å²) in [4.78, 5) is 0. The average Bonchev–Trinajstić information content (AvgIpc) is 2.97. The maximum absolute atomic E-state index is 12.8. The summed E-state index contributed by atoms with van der Waals surface area (Å²) in [5.74, 6) is 0.461. The molecule has 5 heteroatoms. The molecule has 0 saturated heterocycles. The normalized spacial score (nSPS) is 16.7. The van der Waals surface area contributed by atoms with Crippen LogP contribution in [-0.4, -0.2) is 0 Å². The number of halogens is 3. The van der Waals surface area contributed by atoms with E-state index in [-0.39, 0.29) is 6.10 Å². The Balaban J connectivity index is 1.93. The first-order valence-electron chi connectivity index (χ1n) is 7.45. The number of ether oxygens (including phenoxy) is 1. The molecule has 0 saturated carbocycles. The minimum Gasteiger partial charge on any atom is -0.485 e. The fraction of sp³-hybridized carbons (Fsp3) is 0.211. The molecule has 3 rings (SSSR count). The van der Waals surface area contributed by atoms with Gasteiger partial charge >= 0.3 is 6.18 Å². The molecule has 122 valence electrons. The van der Waals surface area contributed by atoms with Crippen molar-refractivity contribution in [2.75, 3.05) is 0 Å². The number of benzene rings is 2. The van der Waals surface area contributed by atoms with Gasteiger partial charge in [-0.3, -0.25) is 0 Å². The Labute approximate surface area is 137 Å². The summed E-state index contributed by atoms with van der Waals surface area (Å²) < 4.78 is 44.3. The molecule has 2 aromatic rings. The topological polar surface area (TPSA) is 33.0 Å². The molecule has 0 spiro atoms. The molecule has 0 radical (unpaired) electrons. The van der Waals surface area contributed by atoms with Crippen molar-refractivity contribution in [3.63, 3.8) is 0 Å². The van der Waals surface area contributed by atoms with Gasteiger partial charge in [-0.25, -0.2) is 0 Å². The van der Waals surface area contributed by atoms with Crippen molar-refractivity contribution in [2.24, 2.45) is 0 Å². The number of rotatable bonds is 2. The van der Waals surface area contributed by atoms with Crippen LogP contribution in [-0.2, 0) is 12.6 Å². The summed E-state index contributed by atoms with van der Waals surface area (Å²) in [5, 5.41) is 9.16. The number of allylic oxidation sites excluding steroid dienone is 1. The Morgan fingerprint density at radius 3 is 2.67 bits per heavy atom. The molecule has 1 atom stereocenters. The van der Waals surface area contributed by atoms with E-state index in [1.807, 2.05) is 25.1 Å². The van der Waals surface area contributed by atoms with Gasteiger partial charge in [-0.15, -0.1) is 0 Å². The van der Waals surface area contributed by atoms with Crippen LogP contribution in [0.5, 0.6) is 5.75 Å². The van der Waals surface area contributed by atoms with E-state index < -0.39 is 11.7 Å². The second-order valence-electron chi connectivity index (χ2n) is 5.63. The zero-order valence-corrected chi connectivity index (χ0v) is 12.9. The number of hydrogen-bond donors (Lipinski definition) is 0. The van der Waals surface area contributed by atoms with Crippen LogP contribution in [0.15, 0.2) is 42.5 Å². The Kier molecular flexibility index (Phi) is 4.06. The molecule has 0 amide bonds. The van der Waals surface area contributed by atoms with Gasteiger partial charge in [-0.1, -0.05) is 12.2 Å². The van der Waals surface area contributed by atoms with E-state index in [4.69, 9.17) is 10.00 Å². The second-order valence-corrected chi connectivity index (χ2v) is 5.63. The number of alkyl halides is 3. The molecule has 0 unspecified atom stereocenters. The smallest absolute Gasteiger partial charge is 0.416 e. The first-order valence-corrected chi connectivity index (χ1v) is 7.45. The highest BCUT2D eigenvalue weighted by atomic mass is 19.4. The second kappa shape index (κ2) is 6.04. The van der Waals surface area contributed by atoms with Gasteiger partial charge in [-0.2, -0.15) is 18.4 Å². The molecular weight excluding hydrogens is 315 g/mol. The fourth-order valence-corrected chi connectivity index (χ4v) is 2.83. The first-order chi connectivity index (χ1) is 11.4. The van der Waals surface area contributed by atoms with Gasteiger partial charge in [0.15, 0.2) is 0 Å². The van der Waals surface area contributed by atoms with Gasteiger partial charge < -0.3 is 4.74 Å². The molecule has 1 aliphatic heterocycles. The third-order valence-electron chi connectivity index (χ3n) is 3.90. The Morgan fingerprint density at radius 1 is 1.21 bits per heavy atom. The maximum atomic E-state index is 12.8. The van der Waals surface area contributed by atoms with E-state index in [1.165, 1.54) is 6.07 Å². The number of hydrogen-bond acceptors (Lipinski definition) is 2. The van der Waals surface area contributed by atoms with Crippen LogP contribution in [0.3, 0.4) is 0 Å². The fourth-order valence-electron chi connectivity index (χ4n) is 2.83. The average molecular weight is 329 g/mol. The molecule has 0 bridgehead atoms. The number of nitriles is 1. The quantitative estimate of drug-likeness (QED) is 0.750. The molecule has 2 aromatic carbocycles. The zero-order valence-electron chi connectivity index (χ0n) is 12.9. The van der Waals surface area contributed by atoms with Gasteiger partial charge in [0.1, 0.15) is 11.9 Å². The Morgan fingerprint density at radius 2 is 2.00 bits per heavy atom. The molecule has 0 aliphatic carbocycles. The van der Waals surface area contributed by atoms with E-state index in [0.717, 1.165) is 23.3 Å². The van der Waals surface area contributed by atoms with E-state index in [2.05, 4.69) is 6.07 Å². The van der Waals surface area contributed by atoms with Gasteiger partial charge in [0.05, 0.1) is 17.2 Å². The van der Waals surface area contributed by atoms with E-state index >= 15 is 0 Å². The Hall–Kier alpha value is -2.74. The van der Waals surface area contributed by atoms with Crippen LogP contribution in [0, 0.1) is 11.3 Å². The standard InChI is InChI=1S/C19H14F3NO/c1-2-3-12-6-13(11-23)8-14(7-12)18-10-15-9-16(19(20,21)22)4-5-17(15)24-18/h2-9,18H,10H2,1H3/b3-2+/t18-/m0/s1. The van der Waals surface area contributed by atoms with Crippen LogP contribution >= 0.6 is 0 Å². The predicted octanol–water partition coefficient (Wildman–Crippen LogP) is 5.29. The lowest BCUT2D eigenvalue weighted by atomic mass is 9.98. The van der Waals surface area contributed by atoms with E-state index in [9.17, 15) is 13.2 Å². The highest BCUT2D eigenvalue weighted by molar-refractivity contribution is 5.55.